The van der Waals surface area contributed by atoms with Gasteiger partial charge in [-0.15, -0.1) is 24.0 Å². The first kappa shape index (κ1) is 21.5. The summed E-state index contributed by atoms with van der Waals surface area (Å²) in [7, 11) is 1.91. The maximum atomic E-state index is 6.05. The molecule has 148 valence electrons. The molecule has 7 heteroatoms. The lowest BCUT2D eigenvalue weighted by atomic mass is 10.1. The van der Waals surface area contributed by atoms with Gasteiger partial charge in [0.05, 0.1) is 19.3 Å². The molecule has 3 rings (SSSR count). The Hall–Kier alpha value is -1.77. The number of rotatable bonds is 8. The van der Waals surface area contributed by atoms with Crippen LogP contribution in [0.3, 0.4) is 0 Å². The predicted molar refractivity (Wildman–Crippen MR) is 120 cm³/mol. The van der Waals surface area contributed by atoms with Crippen LogP contribution in [-0.2, 0) is 20.1 Å². The van der Waals surface area contributed by atoms with E-state index in [1.165, 1.54) is 18.4 Å². The summed E-state index contributed by atoms with van der Waals surface area (Å²) in [6.45, 7) is 7.09. The van der Waals surface area contributed by atoms with Gasteiger partial charge in [-0.1, -0.05) is 12.1 Å². The smallest absolute Gasteiger partial charge is 0.191 e. The van der Waals surface area contributed by atoms with Crippen LogP contribution in [0, 0.1) is 12.8 Å². The Kier molecular flexibility index (Phi) is 8.40. The Morgan fingerprint density at radius 3 is 2.81 bits per heavy atom. The lowest BCUT2D eigenvalue weighted by Gasteiger charge is -2.15. The zero-order chi connectivity index (χ0) is 18.4. The van der Waals surface area contributed by atoms with Crippen molar-refractivity contribution in [1.29, 1.82) is 0 Å². The first-order valence-corrected chi connectivity index (χ1v) is 9.36. The molecular formula is C20H30IN5O. The number of aliphatic imine (C=N–C) groups is 1. The molecule has 1 aromatic heterocycles. The molecular weight excluding hydrogens is 453 g/mol. The second-order valence-corrected chi connectivity index (χ2v) is 6.94. The summed E-state index contributed by atoms with van der Waals surface area (Å²) in [5, 5.41) is 10.9. The molecule has 0 amide bonds. The minimum Gasteiger partial charge on any atom is -0.493 e. The van der Waals surface area contributed by atoms with Crippen molar-refractivity contribution < 1.29 is 4.74 Å². The molecule has 0 aliphatic heterocycles. The van der Waals surface area contributed by atoms with Crippen LogP contribution >= 0.6 is 24.0 Å². The highest BCUT2D eigenvalue weighted by Crippen LogP contribution is 2.30. The van der Waals surface area contributed by atoms with E-state index in [1.807, 2.05) is 19.4 Å². The minimum absolute atomic E-state index is 0. The van der Waals surface area contributed by atoms with Crippen LogP contribution in [0.2, 0.25) is 0 Å². The van der Waals surface area contributed by atoms with Crippen LogP contribution in [-0.4, -0.2) is 28.9 Å². The van der Waals surface area contributed by atoms with Gasteiger partial charge in [0.15, 0.2) is 5.96 Å². The number of halogens is 1. The fourth-order valence-corrected chi connectivity index (χ4v) is 2.68. The summed E-state index contributed by atoms with van der Waals surface area (Å²) in [6.07, 6.45) is 6.42. The highest BCUT2D eigenvalue weighted by atomic mass is 127. The zero-order valence-corrected chi connectivity index (χ0v) is 18.7. The molecule has 0 radical (unpaired) electrons. The molecule has 2 aromatic rings. The summed E-state index contributed by atoms with van der Waals surface area (Å²) in [6, 6.07) is 6.38. The van der Waals surface area contributed by atoms with Crippen LogP contribution < -0.4 is 15.4 Å². The molecule has 1 aliphatic carbocycles. The lowest BCUT2D eigenvalue weighted by molar-refractivity contribution is 0.296. The van der Waals surface area contributed by atoms with Crippen molar-refractivity contribution in [2.45, 2.75) is 39.8 Å². The van der Waals surface area contributed by atoms with E-state index in [-0.39, 0.29) is 24.0 Å². The summed E-state index contributed by atoms with van der Waals surface area (Å²) in [4.78, 5) is 4.64. The summed E-state index contributed by atoms with van der Waals surface area (Å²) in [5.41, 5.74) is 3.47. The van der Waals surface area contributed by atoms with Crippen molar-refractivity contribution in [3.8, 4) is 5.75 Å². The molecule has 1 aromatic carbocycles. The summed E-state index contributed by atoms with van der Waals surface area (Å²) in [5.74, 6) is 2.52. The zero-order valence-electron chi connectivity index (χ0n) is 16.4. The number of benzene rings is 1. The van der Waals surface area contributed by atoms with Crippen LogP contribution in [0.15, 0.2) is 35.6 Å². The van der Waals surface area contributed by atoms with E-state index >= 15 is 0 Å². The van der Waals surface area contributed by atoms with Gasteiger partial charge in [0.2, 0.25) is 0 Å². The van der Waals surface area contributed by atoms with Crippen molar-refractivity contribution in [3.05, 3.63) is 47.3 Å². The molecule has 6 nitrogen and oxygen atoms in total. The predicted octanol–water partition coefficient (Wildman–Crippen LogP) is 3.39. The van der Waals surface area contributed by atoms with E-state index in [4.69, 9.17) is 4.74 Å². The third-order valence-corrected chi connectivity index (χ3v) is 4.36. The molecule has 0 bridgehead atoms. The fourth-order valence-electron chi connectivity index (χ4n) is 2.68. The molecule has 0 atom stereocenters. The Morgan fingerprint density at radius 1 is 1.33 bits per heavy atom. The van der Waals surface area contributed by atoms with E-state index in [1.54, 1.807) is 4.68 Å². The molecule has 1 aliphatic rings. The Bertz CT molecular complexity index is 755. The summed E-state index contributed by atoms with van der Waals surface area (Å²) >= 11 is 0. The quantitative estimate of drug-likeness (QED) is 0.343. The molecule has 0 spiro atoms. The number of nitrogens with zero attached hydrogens (tertiary/aromatic N) is 3. The van der Waals surface area contributed by atoms with Gasteiger partial charge in [0.1, 0.15) is 5.75 Å². The largest absolute Gasteiger partial charge is 0.493 e. The van der Waals surface area contributed by atoms with Crippen LogP contribution in [0.5, 0.6) is 5.75 Å². The maximum absolute atomic E-state index is 6.05. The standard InChI is InChI=1S/C20H29N5O.HI/c1-4-21-20(22-10-17-11-24-25(3)13-17)23-12-18-8-5-15(2)9-19(18)26-14-16-6-7-16;/h5,8-9,11,13,16H,4,6-7,10,12,14H2,1-3H3,(H2,21,22,23);1H. The van der Waals surface area contributed by atoms with Crippen molar-refractivity contribution >= 4 is 29.9 Å². The Morgan fingerprint density at radius 2 is 2.15 bits per heavy atom. The third kappa shape index (κ3) is 7.04. The average molecular weight is 483 g/mol. The van der Waals surface area contributed by atoms with E-state index < -0.39 is 0 Å². The maximum Gasteiger partial charge on any atom is 0.191 e. The van der Waals surface area contributed by atoms with Gasteiger partial charge < -0.3 is 15.4 Å². The number of hydrogen-bond donors (Lipinski definition) is 2. The number of nitrogens with one attached hydrogen (secondary N) is 2. The molecule has 27 heavy (non-hydrogen) atoms. The number of aromatic nitrogens is 2. The van der Waals surface area contributed by atoms with Crippen LogP contribution in [0.25, 0.3) is 0 Å². The average Bonchev–Trinajstić information content (AvgIpc) is 3.37. The summed E-state index contributed by atoms with van der Waals surface area (Å²) < 4.78 is 7.85. The van der Waals surface area contributed by atoms with Crippen LogP contribution in [0.4, 0.5) is 0 Å². The number of guanidine groups is 1. The second kappa shape index (κ2) is 10.5. The lowest BCUT2D eigenvalue weighted by Crippen LogP contribution is -2.36. The van der Waals surface area contributed by atoms with E-state index in [0.717, 1.165) is 41.9 Å². The molecule has 0 saturated heterocycles. The molecule has 2 N–H and O–H groups in total. The first-order valence-electron chi connectivity index (χ1n) is 9.36. The SMILES string of the molecule is CCNC(=NCc1cnn(C)c1)NCc1ccc(C)cc1OCC1CC1.I. The van der Waals surface area contributed by atoms with E-state index in [2.05, 4.69) is 52.8 Å². The van der Waals surface area contributed by atoms with Gasteiger partial charge in [0.25, 0.3) is 0 Å². The van der Waals surface area contributed by atoms with Crippen molar-refractivity contribution in [1.82, 2.24) is 20.4 Å². The molecule has 1 fully saturated rings. The topological polar surface area (TPSA) is 63.5 Å². The van der Waals surface area contributed by atoms with Crippen molar-refractivity contribution in [2.75, 3.05) is 13.2 Å². The van der Waals surface area contributed by atoms with E-state index in [9.17, 15) is 0 Å². The van der Waals surface area contributed by atoms with Crippen molar-refractivity contribution in [2.24, 2.45) is 18.0 Å². The number of ether oxygens (including phenoxy) is 1. The highest BCUT2D eigenvalue weighted by Gasteiger charge is 2.22. The van der Waals surface area contributed by atoms with Gasteiger partial charge in [-0.05, 0) is 44.2 Å². The normalized spacial score (nSPS) is 13.8. The first-order chi connectivity index (χ1) is 12.6. The highest BCUT2D eigenvalue weighted by molar-refractivity contribution is 14.0. The van der Waals surface area contributed by atoms with Crippen LogP contribution in [0.1, 0.15) is 36.5 Å². The van der Waals surface area contributed by atoms with Gasteiger partial charge >= 0.3 is 0 Å². The van der Waals surface area contributed by atoms with Crippen molar-refractivity contribution in [3.63, 3.8) is 0 Å². The van der Waals surface area contributed by atoms with Gasteiger partial charge in [-0.25, -0.2) is 4.99 Å². The minimum atomic E-state index is 0. The fraction of sp³-hybridized carbons (Fsp3) is 0.500. The Balaban J connectivity index is 0.00000261. The van der Waals surface area contributed by atoms with Gasteiger partial charge in [0, 0.05) is 37.5 Å². The van der Waals surface area contributed by atoms with Gasteiger partial charge in [-0.2, -0.15) is 5.10 Å². The van der Waals surface area contributed by atoms with E-state index in [0.29, 0.717) is 13.1 Å². The third-order valence-electron chi connectivity index (χ3n) is 4.36. The number of hydrogen-bond acceptors (Lipinski definition) is 3. The Labute approximate surface area is 178 Å². The molecule has 1 heterocycles. The monoisotopic (exact) mass is 483 g/mol. The molecule has 0 unspecified atom stereocenters. The molecule has 1 saturated carbocycles. The second-order valence-electron chi connectivity index (χ2n) is 6.94. The van der Waals surface area contributed by atoms with Gasteiger partial charge in [-0.3, -0.25) is 4.68 Å². The number of aryl methyl sites for hydroxylation is 2.